The fourth-order valence-electron chi connectivity index (χ4n) is 2.95. The third-order valence-electron chi connectivity index (χ3n) is 4.36. The lowest BCUT2D eigenvalue weighted by Gasteiger charge is -2.26. The molecule has 1 fully saturated rings. The molecule has 28 heavy (non-hydrogen) atoms. The van der Waals surface area contributed by atoms with Gasteiger partial charge in [0.25, 0.3) is 10.0 Å². The van der Waals surface area contributed by atoms with Crippen LogP contribution in [0.4, 0.5) is 5.69 Å². The number of ether oxygens (including phenoxy) is 2. The summed E-state index contributed by atoms with van der Waals surface area (Å²) in [6.07, 6.45) is 0.278. The zero-order chi connectivity index (χ0) is 20.0. The van der Waals surface area contributed by atoms with E-state index in [1.165, 1.54) is 6.07 Å². The highest BCUT2D eigenvalue weighted by atomic mass is 32.2. The number of morpholine rings is 1. The Bertz CT molecular complexity index is 906. The second-order valence-corrected chi connectivity index (χ2v) is 8.00. The Balaban J connectivity index is 1.67. The van der Waals surface area contributed by atoms with Crippen molar-refractivity contribution in [1.29, 1.82) is 0 Å². The van der Waals surface area contributed by atoms with Crippen LogP contribution in [0.3, 0.4) is 0 Å². The molecule has 0 radical (unpaired) electrons. The number of nitrogens with zero attached hydrogens (tertiary/aromatic N) is 1. The molecule has 150 valence electrons. The molecule has 3 rings (SSSR count). The molecule has 7 nitrogen and oxygen atoms in total. The van der Waals surface area contributed by atoms with Crippen LogP contribution in [-0.2, 0) is 26.0 Å². The van der Waals surface area contributed by atoms with E-state index in [2.05, 4.69) is 4.72 Å². The van der Waals surface area contributed by atoms with Gasteiger partial charge in [-0.05, 0) is 36.8 Å². The second kappa shape index (κ2) is 9.07. The van der Waals surface area contributed by atoms with Crippen LogP contribution in [-0.4, -0.2) is 52.1 Å². The van der Waals surface area contributed by atoms with Crippen LogP contribution in [0.1, 0.15) is 12.5 Å². The van der Waals surface area contributed by atoms with Gasteiger partial charge < -0.3 is 14.4 Å². The summed E-state index contributed by atoms with van der Waals surface area (Å²) in [7, 11) is -3.78. The van der Waals surface area contributed by atoms with Crippen LogP contribution < -0.4 is 9.46 Å². The largest absolute Gasteiger partial charge is 0.492 e. The van der Waals surface area contributed by atoms with Crippen LogP contribution in [0, 0.1) is 0 Å². The van der Waals surface area contributed by atoms with E-state index in [0.717, 1.165) is 5.56 Å². The number of sulfonamides is 1. The zero-order valence-corrected chi connectivity index (χ0v) is 16.6. The minimum Gasteiger partial charge on any atom is -0.492 e. The molecule has 2 aromatic carbocycles. The fraction of sp³-hybridized carbons (Fsp3) is 0.350. The molecular formula is C20H24N2O5S. The van der Waals surface area contributed by atoms with Crippen molar-refractivity contribution < 1.29 is 22.7 Å². The molecule has 1 amide bonds. The van der Waals surface area contributed by atoms with Gasteiger partial charge in [0.2, 0.25) is 5.91 Å². The number of carbonyl (C=O) groups is 1. The summed E-state index contributed by atoms with van der Waals surface area (Å²) in [4.78, 5) is 14.2. The Morgan fingerprint density at radius 1 is 1.11 bits per heavy atom. The number of amides is 1. The molecule has 1 aliphatic heterocycles. The second-order valence-electron chi connectivity index (χ2n) is 6.35. The third kappa shape index (κ3) is 5.02. The Morgan fingerprint density at radius 3 is 2.46 bits per heavy atom. The smallest absolute Gasteiger partial charge is 0.265 e. The van der Waals surface area contributed by atoms with Gasteiger partial charge in [0.15, 0.2) is 0 Å². The maximum atomic E-state index is 12.7. The van der Waals surface area contributed by atoms with Crippen molar-refractivity contribution in [2.24, 2.45) is 0 Å². The monoisotopic (exact) mass is 404 g/mol. The molecule has 0 spiro atoms. The van der Waals surface area contributed by atoms with Gasteiger partial charge in [0.05, 0.1) is 26.2 Å². The topological polar surface area (TPSA) is 84.9 Å². The Labute approximate surface area is 165 Å². The number of carbonyl (C=O) groups excluding carboxylic acids is 1. The quantitative estimate of drug-likeness (QED) is 0.765. The van der Waals surface area contributed by atoms with Crippen molar-refractivity contribution >= 4 is 21.6 Å². The molecule has 0 unspecified atom stereocenters. The van der Waals surface area contributed by atoms with Crippen LogP contribution in [0.5, 0.6) is 5.75 Å². The van der Waals surface area contributed by atoms with E-state index in [1.807, 2.05) is 0 Å². The highest BCUT2D eigenvalue weighted by Gasteiger charge is 2.20. The first-order valence-electron chi connectivity index (χ1n) is 9.18. The molecule has 0 atom stereocenters. The van der Waals surface area contributed by atoms with E-state index in [0.29, 0.717) is 44.3 Å². The Kier molecular flexibility index (Phi) is 6.53. The molecule has 1 saturated heterocycles. The van der Waals surface area contributed by atoms with Crippen LogP contribution in [0.25, 0.3) is 0 Å². The predicted octanol–water partition coefficient (Wildman–Crippen LogP) is 2.29. The highest BCUT2D eigenvalue weighted by molar-refractivity contribution is 7.92. The fourth-order valence-corrected chi connectivity index (χ4v) is 4.15. The van der Waals surface area contributed by atoms with E-state index in [4.69, 9.17) is 9.47 Å². The first kappa shape index (κ1) is 20.2. The average molecular weight is 404 g/mol. The van der Waals surface area contributed by atoms with Crippen LogP contribution in [0.2, 0.25) is 0 Å². The molecule has 0 saturated carbocycles. The number of nitrogens with one attached hydrogen (secondary N) is 1. The number of hydrogen-bond donors (Lipinski definition) is 1. The lowest BCUT2D eigenvalue weighted by Crippen LogP contribution is -2.41. The summed E-state index contributed by atoms with van der Waals surface area (Å²) < 4.78 is 38.6. The van der Waals surface area contributed by atoms with E-state index in [9.17, 15) is 13.2 Å². The van der Waals surface area contributed by atoms with Crippen molar-refractivity contribution in [2.75, 3.05) is 37.6 Å². The molecule has 1 heterocycles. The van der Waals surface area contributed by atoms with E-state index in [-0.39, 0.29) is 17.2 Å². The minimum atomic E-state index is -3.78. The number of benzene rings is 2. The van der Waals surface area contributed by atoms with Crippen molar-refractivity contribution in [3.05, 3.63) is 54.1 Å². The Hall–Kier alpha value is -2.58. The summed E-state index contributed by atoms with van der Waals surface area (Å²) >= 11 is 0. The highest BCUT2D eigenvalue weighted by Crippen LogP contribution is 2.25. The molecule has 8 heteroatoms. The maximum absolute atomic E-state index is 12.7. The molecular weight excluding hydrogens is 380 g/mol. The average Bonchev–Trinajstić information content (AvgIpc) is 2.70. The summed E-state index contributed by atoms with van der Waals surface area (Å²) in [5, 5.41) is 0. The first-order chi connectivity index (χ1) is 13.5. The predicted molar refractivity (Wildman–Crippen MR) is 106 cm³/mol. The molecule has 0 bridgehead atoms. The van der Waals surface area contributed by atoms with Crippen LogP contribution in [0.15, 0.2) is 53.4 Å². The molecule has 0 aromatic heterocycles. The zero-order valence-electron chi connectivity index (χ0n) is 15.8. The Morgan fingerprint density at radius 2 is 1.79 bits per heavy atom. The van der Waals surface area contributed by atoms with Gasteiger partial charge in [-0.15, -0.1) is 0 Å². The van der Waals surface area contributed by atoms with Crippen molar-refractivity contribution in [2.45, 2.75) is 18.2 Å². The van der Waals surface area contributed by atoms with Gasteiger partial charge in [-0.25, -0.2) is 8.42 Å². The summed E-state index contributed by atoms with van der Waals surface area (Å²) in [5.41, 5.74) is 1.25. The van der Waals surface area contributed by atoms with Gasteiger partial charge in [-0.1, -0.05) is 24.3 Å². The van der Waals surface area contributed by atoms with Gasteiger partial charge in [-0.3, -0.25) is 9.52 Å². The van der Waals surface area contributed by atoms with Crippen molar-refractivity contribution in [3.8, 4) is 5.75 Å². The normalized spacial score (nSPS) is 14.5. The van der Waals surface area contributed by atoms with Crippen molar-refractivity contribution in [1.82, 2.24) is 4.90 Å². The summed E-state index contributed by atoms with van der Waals surface area (Å²) in [6, 6.07) is 13.3. The minimum absolute atomic E-state index is 0.0438. The lowest BCUT2D eigenvalue weighted by molar-refractivity contribution is -0.134. The summed E-state index contributed by atoms with van der Waals surface area (Å²) in [6.45, 7) is 4.52. The standard InChI is InChI=1S/C20H24N2O5S/c1-2-27-18-5-3-4-6-19(18)28(24,25)21-17-9-7-16(8-10-17)15-20(23)22-11-13-26-14-12-22/h3-10,21H,2,11-15H2,1H3. The van der Waals surface area contributed by atoms with Gasteiger partial charge in [0, 0.05) is 18.8 Å². The SMILES string of the molecule is CCOc1ccccc1S(=O)(=O)Nc1ccc(CC(=O)N2CCOCC2)cc1. The molecule has 1 aliphatic rings. The molecule has 2 aromatic rings. The maximum Gasteiger partial charge on any atom is 0.265 e. The molecule has 1 N–H and O–H groups in total. The van der Waals surface area contributed by atoms with E-state index < -0.39 is 10.0 Å². The van der Waals surface area contributed by atoms with Gasteiger partial charge >= 0.3 is 0 Å². The number of hydrogen-bond acceptors (Lipinski definition) is 5. The first-order valence-corrected chi connectivity index (χ1v) is 10.7. The van der Waals surface area contributed by atoms with Gasteiger partial charge in [0.1, 0.15) is 10.6 Å². The van der Waals surface area contributed by atoms with Crippen LogP contribution >= 0.6 is 0 Å². The van der Waals surface area contributed by atoms with E-state index in [1.54, 1.807) is 54.3 Å². The lowest BCUT2D eigenvalue weighted by atomic mass is 10.1. The summed E-state index contributed by atoms with van der Waals surface area (Å²) in [5.74, 6) is 0.354. The third-order valence-corrected chi connectivity index (χ3v) is 5.78. The molecule has 0 aliphatic carbocycles. The van der Waals surface area contributed by atoms with E-state index >= 15 is 0 Å². The number of rotatable bonds is 7. The van der Waals surface area contributed by atoms with Gasteiger partial charge in [-0.2, -0.15) is 0 Å². The van der Waals surface area contributed by atoms with Crippen molar-refractivity contribution in [3.63, 3.8) is 0 Å². The number of para-hydroxylation sites is 1. The number of anilines is 1.